The van der Waals surface area contributed by atoms with E-state index in [0.717, 1.165) is 93.3 Å². The predicted octanol–water partition coefficient (Wildman–Crippen LogP) is 11.1. The average Bonchev–Trinajstić information content (AvgIpc) is 1.63. The van der Waals surface area contributed by atoms with E-state index >= 15 is 0 Å². The van der Waals surface area contributed by atoms with Crippen LogP contribution in [0.15, 0.2) is 220 Å². The van der Waals surface area contributed by atoms with Crippen LogP contribution in [0, 0.1) is 0 Å². The molecule has 3 amide bonds. The number of ether oxygens (including phenoxy) is 4. The first-order chi connectivity index (χ1) is 48.9. The molecule has 12 aromatic rings. The maximum Gasteiger partial charge on any atom is 0.257 e. The first-order valence-corrected chi connectivity index (χ1v) is 32.4. The molecule has 0 radical (unpaired) electrons. The Balaban J connectivity index is 0.000000142. The summed E-state index contributed by atoms with van der Waals surface area (Å²) in [5.41, 5.74) is 28.3. The number of nitrogens with two attached hydrogens (primary N) is 3. The number of carbonyl (C=O) groups excluding carboxylic acids is 3. The minimum atomic E-state index is -0.203. The largest absolute Gasteiger partial charge is 0.457 e. The Bertz CT molecular complexity index is 4820. The smallest absolute Gasteiger partial charge is 0.257 e. The highest BCUT2D eigenvalue weighted by Gasteiger charge is 2.29. The highest BCUT2D eigenvalue weighted by molar-refractivity contribution is 6.00. The SMILES string of the molecule is C=CC(=O)N1CCC(n2nc(-c3ccc(Oc4ccccc4)cc3)c3c(N)ncnc32)CC1.C=CC(=O)NN1CCC(n2nc(-c3ccc(Oc4ccccc4)cc3)c3c(N)ncnc32)CC1.COC/C=C/C(=O)NCCn1nc(-c2ccc(Oc3ccccc3)cc2)c2c(N)ncnc21. The van der Waals surface area contributed by atoms with E-state index < -0.39 is 0 Å². The standard InChI is InChI=1S/C25H25N7O2.C25H24N6O2.C24H24N6O3/c1-2-21(33)29-31-14-12-18(13-15-31)32-25-22(24(26)27-16-28-25)23(30-32)17-8-10-20(11-9-17)34-19-6-4-3-5-7-19;1-2-21(32)30-14-12-18(13-15-30)31-25-22(24(26)27-16-28-25)23(29-31)17-8-10-20(11-9-17)33-19-6-4-3-5-7-19;1-32-15-5-8-20(31)26-13-14-30-24-21(23(25)27-16-28-24)22(29-30)17-9-11-19(12-10-17)33-18-6-3-2-4-7-18/h2-11,16,18H,1,12-15H2,(H,29,33)(H2,26,27,28);2-11,16,18H,1,12-15H2,(H2,26,27,28);2-12,16H,13-15H2,1H3,(H,26,31)(H2,25,27,28)/b;;8-5+. The lowest BCUT2D eigenvalue weighted by molar-refractivity contribution is -0.127. The van der Waals surface area contributed by atoms with Gasteiger partial charge in [-0.1, -0.05) is 73.8 Å². The molecule has 6 aromatic carbocycles. The van der Waals surface area contributed by atoms with Gasteiger partial charge >= 0.3 is 0 Å². The van der Waals surface area contributed by atoms with Crippen LogP contribution in [0.4, 0.5) is 17.5 Å². The van der Waals surface area contributed by atoms with Crippen LogP contribution in [0.2, 0.25) is 0 Å². The van der Waals surface area contributed by atoms with Gasteiger partial charge in [0.25, 0.3) is 5.91 Å². The molecule has 0 unspecified atom stereocenters. The Kier molecular flexibility index (Phi) is 21.5. The number of aromatic nitrogens is 12. The van der Waals surface area contributed by atoms with Gasteiger partial charge in [0.1, 0.15) is 88.0 Å². The molecule has 0 aliphatic carbocycles. The average molecular weight is 1340 g/mol. The van der Waals surface area contributed by atoms with Gasteiger partial charge in [-0.15, -0.1) is 0 Å². The fourth-order valence-corrected chi connectivity index (χ4v) is 11.7. The summed E-state index contributed by atoms with van der Waals surface area (Å²) in [6, 6.07) is 52.2. The molecular weight excluding hydrogens is 1270 g/mol. The molecule has 26 heteroatoms. The lowest BCUT2D eigenvalue weighted by Crippen LogP contribution is -2.46. The zero-order chi connectivity index (χ0) is 69.3. The first-order valence-electron chi connectivity index (χ1n) is 32.4. The van der Waals surface area contributed by atoms with Gasteiger partial charge in [0, 0.05) is 62.6 Å². The number of amides is 3. The number of nitrogens with zero attached hydrogens (tertiary/aromatic N) is 14. The van der Waals surface area contributed by atoms with E-state index in [1.54, 1.807) is 17.9 Å². The second-order valence-electron chi connectivity index (χ2n) is 23.2. The lowest BCUT2D eigenvalue weighted by Gasteiger charge is -2.31. The van der Waals surface area contributed by atoms with Gasteiger partial charge < -0.3 is 46.4 Å². The Morgan fingerprint density at radius 1 is 0.490 bits per heavy atom. The summed E-state index contributed by atoms with van der Waals surface area (Å²) in [7, 11) is 1.57. The van der Waals surface area contributed by atoms with E-state index in [0.29, 0.717) is 97.1 Å². The number of methoxy groups -OCH3 is 1. The van der Waals surface area contributed by atoms with Crippen LogP contribution in [0.5, 0.6) is 34.5 Å². The number of hydrogen-bond donors (Lipinski definition) is 5. The van der Waals surface area contributed by atoms with Crippen LogP contribution in [-0.4, -0.2) is 133 Å². The van der Waals surface area contributed by atoms with E-state index in [-0.39, 0.29) is 29.8 Å². The number of hydrazine groups is 1. The van der Waals surface area contributed by atoms with Crippen molar-refractivity contribution in [1.29, 1.82) is 0 Å². The number of carbonyl (C=O) groups is 3. The van der Waals surface area contributed by atoms with Crippen LogP contribution in [0.3, 0.4) is 0 Å². The number of para-hydroxylation sites is 3. The zero-order valence-electron chi connectivity index (χ0n) is 54.8. The first kappa shape index (κ1) is 67.3. The molecule has 0 saturated carbocycles. The third-order valence-corrected chi connectivity index (χ3v) is 16.6. The van der Waals surface area contributed by atoms with Gasteiger partial charge in [0.05, 0.1) is 41.4 Å². The Morgan fingerprint density at radius 2 is 0.880 bits per heavy atom. The molecular formula is C74H73N19O7. The molecule has 0 spiro atoms. The molecule has 8 heterocycles. The topological polar surface area (TPSA) is 328 Å². The van der Waals surface area contributed by atoms with Gasteiger partial charge in [-0.05, 0) is 147 Å². The van der Waals surface area contributed by atoms with Crippen LogP contribution in [0.25, 0.3) is 66.9 Å². The van der Waals surface area contributed by atoms with E-state index in [1.165, 1.54) is 37.2 Å². The third-order valence-electron chi connectivity index (χ3n) is 16.6. The molecule has 2 aliphatic rings. The number of rotatable bonds is 20. The highest BCUT2D eigenvalue weighted by Crippen LogP contribution is 2.38. The van der Waals surface area contributed by atoms with Gasteiger partial charge in [-0.2, -0.15) is 15.3 Å². The van der Waals surface area contributed by atoms with E-state index in [1.807, 2.05) is 183 Å². The molecule has 8 N–H and O–H groups in total. The summed E-state index contributed by atoms with van der Waals surface area (Å²) < 4.78 is 28.2. The van der Waals surface area contributed by atoms with Crippen molar-refractivity contribution in [3.63, 3.8) is 0 Å². The summed E-state index contributed by atoms with van der Waals surface area (Å²) >= 11 is 0. The highest BCUT2D eigenvalue weighted by atomic mass is 16.5. The molecule has 6 aromatic heterocycles. The van der Waals surface area contributed by atoms with Crippen LogP contribution < -0.4 is 42.2 Å². The fourth-order valence-electron chi connectivity index (χ4n) is 11.7. The van der Waals surface area contributed by atoms with Crippen molar-refractivity contribution >= 4 is 68.3 Å². The lowest BCUT2D eigenvalue weighted by atomic mass is 10.1. The summed E-state index contributed by atoms with van der Waals surface area (Å²) in [4.78, 5) is 63.1. The van der Waals surface area contributed by atoms with Gasteiger partial charge in [0.15, 0.2) is 16.9 Å². The van der Waals surface area contributed by atoms with Crippen LogP contribution in [0.1, 0.15) is 37.8 Å². The number of fused-ring (bicyclic) bond motifs is 3. The quantitative estimate of drug-likeness (QED) is 0.0443. The number of likely N-dealkylation sites (tertiary alicyclic amines) is 1. The summed E-state index contributed by atoms with van der Waals surface area (Å²) in [6.45, 7) is 11.0. The normalized spacial score (nSPS) is 13.4. The van der Waals surface area contributed by atoms with Crippen molar-refractivity contribution in [1.82, 2.24) is 79.9 Å². The summed E-state index contributed by atoms with van der Waals surface area (Å²) in [6.07, 6.45) is 13.2. The van der Waals surface area contributed by atoms with Gasteiger partial charge in [-0.25, -0.2) is 49.0 Å². The predicted molar refractivity (Wildman–Crippen MR) is 382 cm³/mol. The molecule has 2 aliphatic heterocycles. The molecule has 0 atom stereocenters. The van der Waals surface area contributed by atoms with Crippen LogP contribution >= 0.6 is 0 Å². The van der Waals surface area contributed by atoms with Crippen molar-refractivity contribution in [2.75, 3.05) is 63.6 Å². The maximum absolute atomic E-state index is 11.9. The minimum Gasteiger partial charge on any atom is -0.457 e. The van der Waals surface area contributed by atoms with E-state index in [9.17, 15) is 14.4 Å². The Morgan fingerprint density at radius 3 is 1.29 bits per heavy atom. The molecule has 2 saturated heterocycles. The number of anilines is 3. The van der Waals surface area contributed by atoms with Gasteiger partial charge in [-0.3, -0.25) is 19.8 Å². The van der Waals surface area contributed by atoms with E-state index in [2.05, 4.69) is 53.8 Å². The molecule has 506 valence electrons. The molecule has 100 heavy (non-hydrogen) atoms. The number of hydrogen-bond acceptors (Lipinski definition) is 20. The van der Waals surface area contributed by atoms with Crippen molar-refractivity contribution in [2.24, 2.45) is 0 Å². The zero-order valence-corrected chi connectivity index (χ0v) is 54.8. The second-order valence-corrected chi connectivity index (χ2v) is 23.2. The van der Waals surface area contributed by atoms with Crippen molar-refractivity contribution in [3.05, 3.63) is 220 Å². The Labute approximate surface area is 575 Å². The summed E-state index contributed by atoms with van der Waals surface area (Å²) in [5, 5.41) is 21.4. The molecule has 0 bridgehead atoms. The summed E-state index contributed by atoms with van der Waals surface area (Å²) in [5.74, 6) is 5.18. The fraction of sp³-hybridized carbons (Fsp3) is 0.189. The van der Waals surface area contributed by atoms with Crippen LogP contribution in [-0.2, 0) is 25.7 Å². The van der Waals surface area contributed by atoms with Gasteiger partial charge in [0.2, 0.25) is 11.8 Å². The maximum atomic E-state index is 11.9. The van der Waals surface area contributed by atoms with Crippen molar-refractivity contribution in [3.8, 4) is 68.3 Å². The number of nitrogen functional groups attached to an aromatic ring is 3. The minimum absolute atomic E-state index is 0.0381. The van der Waals surface area contributed by atoms with Crippen molar-refractivity contribution < 1.29 is 33.3 Å². The molecule has 26 nitrogen and oxygen atoms in total. The Hall–Kier alpha value is -12.7. The van der Waals surface area contributed by atoms with E-state index in [4.69, 9.17) is 51.4 Å². The monoisotopic (exact) mass is 1340 g/mol. The number of benzene rings is 6. The molecule has 14 rings (SSSR count). The third kappa shape index (κ3) is 16.1. The van der Waals surface area contributed by atoms with Crippen molar-refractivity contribution in [2.45, 2.75) is 44.3 Å². The number of nitrogens with one attached hydrogen (secondary N) is 2. The second kappa shape index (κ2) is 31.9. The molecule has 2 fully saturated rings. The number of piperidine rings is 2.